The maximum atomic E-state index is 2.44. The molecule has 2 aliphatic carbocycles. The van der Waals surface area contributed by atoms with E-state index in [1.807, 2.05) is 0 Å². The molecule has 0 nitrogen and oxygen atoms in total. The molecular weight excluding hydrogens is 276 g/mol. The van der Waals surface area contributed by atoms with E-state index < -0.39 is 0 Å². The number of hydrogen-bond acceptors (Lipinski definition) is 0. The predicted octanol–water partition coefficient (Wildman–Crippen LogP) is 7.48. The fourth-order valence-corrected chi connectivity index (χ4v) is 4.86. The van der Waals surface area contributed by atoms with E-state index in [0.29, 0.717) is 0 Å². The topological polar surface area (TPSA) is 0 Å². The van der Waals surface area contributed by atoms with Crippen LogP contribution < -0.4 is 0 Å². The van der Waals surface area contributed by atoms with Crippen LogP contribution in [0.4, 0.5) is 0 Å². The highest BCUT2D eigenvalue weighted by Crippen LogP contribution is 2.43. The molecule has 0 atom stereocenters. The minimum atomic E-state index is 0.867. The van der Waals surface area contributed by atoms with Gasteiger partial charge in [-0.1, -0.05) is 42.4 Å². The van der Waals surface area contributed by atoms with Gasteiger partial charge in [-0.2, -0.15) is 0 Å². The van der Waals surface area contributed by atoms with Gasteiger partial charge in [0.15, 0.2) is 0 Å². The van der Waals surface area contributed by atoms with Crippen molar-refractivity contribution in [3.05, 3.63) is 35.5 Å². The second-order valence-electron chi connectivity index (χ2n) is 8.15. The van der Waals surface area contributed by atoms with Gasteiger partial charge in [-0.05, 0) is 102 Å². The molecule has 2 fully saturated rings. The van der Waals surface area contributed by atoms with Crippen molar-refractivity contribution in [2.45, 2.75) is 85.5 Å². The lowest BCUT2D eigenvalue weighted by Crippen LogP contribution is -2.26. The van der Waals surface area contributed by atoms with Gasteiger partial charge in [-0.15, -0.1) is 0 Å². The molecule has 0 spiro atoms. The van der Waals surface area contributed by atoms with Crippen molar-refractivity contribution in [3.8, 4) is 0 Å². The lowest BCUT2D eigenvalue weighted by atomic mass is 9.68. The summed E-state index contributed by atoms with van der Waals surface area (Å²) in [6.45, 7) is 8.90. The SMILES string of the molecule is CC=CC1CCC(C2CCC(C(=CC=C(C)C)CC)CC2)CC1. The highest BCUT2D eigenvalue weighted by Gasteiger charge is 2.30. The first-order valence-corrected chi connectivity index (χ1v) is 10.1. The Bertz CT molecular complexity index is 417. The molecule has 0 heterocycles. The second kappa shape index (κ2) is 9.50. The van der Waals surface area contributed by atoms with E-state index in [2.05, 4.69) is 52.0 Å². The number of allylic oxidation sites excluding steroid dienone is 6. The largest absolute Gasteiger partial charge is 0.0914 e. The quantitative estimate of drug-likeness (QED) is 0.364. The summed E-state index contributed by atoms with van der Waals surface area (Å²) in [5.41, 5.74) is 3.11. The molecule has 0 N–H and O–H groups in total. The van der Waals surface area contributed by atoms with Crippen molar-refractivity contribution in [1.29, 1.82) is 0 Å². The van der Waals surface area contributed by atoms with E-state index in [-0.39, 0.29) is 0 Å². The molecule has 0 unspecified atom stereocenters. The maximum Gasteiger partial charge on any atom is -0.0200 e. The van der Waals surface area contributed by atoms with E-state index in [1.54, 1.807) is 5.57 Å². The summed E-state index contributed by atoms with van der Waals surface area (Å²) in [4.78, 5) is 0. The zero-order chi connectivity index (χ0) is 16.7. The summed E-state index contributed by atoms with van der Waals surface area (Å²) in [5.74, 6) is 3.81. The van der Waals surface area contributed by atoms with Crippen LogP contribution >= 0.6 is 0 Å². The fourth-order valence-electron chi connectivity index (χ4n) is 4.86. The molecular formula is C23H38. The van der Waals surface area contributed by atoms with Crippen LogP contribution in [0.1, 0.15) is 85.5 Å². The summed E-state index contributed by atoms with van der Waals surface area (Å²) in [5, 5.41) is 0. The standard InChI is InChI=1S/C23H38/c1-5-7-19-9-12-22(13-10-19)23-16-14-21(15-17-23)20(6-2)11-8-18(3)4/h5,7-8,11,19,21-23H,6,9-10,12-17H2,1-4H3. The van der Waals surface area contributed by atoms with Gasteiger partial charge in [-0.25, -0.2) is 0 Å². The van der Waals surface area contributed by atoms with Gasteiger partial charge < -0.3 is 0 Å². The third-order valence-corrected chi connectivity index (χ3v) is 6.28. The van der Waals surface area contributed by atoms with Gasteiger partial charge >= 0.3 is 0 Å². The van der Waals surface area contributed by atoms with Gasteiger partial charge in [0.05, 0.1) is 0 Å². The van der Waals surface area contributed by atoms with Crippen LogP contribution in [-0.2, 0) is 0 Å². The van der Waals surface area contributed by atoms with Gasteiger partial charge in [0.25, 0.3) is 0 Å². The Morgan fingerprint density at radius 1 is 0.826 bits per heavy atom. The molecule has 0 bridgehead atoms. The van der Waals surface area contributed by atoms with E-state index in [1.165, 1.54) is 63.4 Å². The molecule has 130 valence electrons. The Balaban J connectivity index is 1.82. The molecule has 2 saturated carbocycles. The van der Waals surface area contributed by atoms with E-state index in [4.69, 9.17) is 0 Å². The fraction of sp³-hybridized carbons (Fsp3) is 0.739. The highest BCUT2D eigenvalue weighted by atomic mass is 14.4. The zero-order valence-corrected chi connectivity index (χ0v) is 16.0. The predicted molar refractivity (Wildman–Crippen MR) is 104 cm³/mol. The number of rotatable bonds is 5. The van der Waals surface area contributed by atoms with E-state index in [0.717, 1.165) is 23.7 Å². The lowest BCUT2D eigenvalue weighted by Gasteiger charge is -2.38. The monoisotopic (exact) mass is 314 g/mol. The Labute approximate surface area is 145 Å². The summed E-state index contributed by atoms with van der Waals surface area (Å²) >= 11 is 0. The average molecular weight is 315 g/mol. The smallest absolute Gasteiger partial charge is 0.0200 e. The molecule has 0 aromatic rings. The molecule has 0 aromatic carbocycles. The zero-order valence-electron chi connectivity index (χ0n) is 16.0. The molecule has 0 amide bonds. The van der Waals surface area contributed by atoms with Gasteiger partial charge in [0, 0.05) is 0 Å². The Morgan fingerprint density at radius 3 is 1.87 bits per heavy atom. The minimum Gasteiger partial charge on any atom is -0.0914 e. The van der Waals surface area contributed by atoms with Crippen molar-refractivity contribution in [1.82, 2.24) is 0 Å². The maximum absolute atomic E-state index is 2.44. The molecule has 0 saturated heterocycles. The average Bonchev–Trinajstić information content (AvgIpc) is 2.57. The van der Waals surface area contributed by atoms with Crippen LogP contribution in [0, 0.1) is 23.7 Å². The lowest BCUT2D eigenvalue weighted by molar-refractivity contribution is 0.163. The first kappa shape index (κ1) is 18.6. The summed E-state index contributed by atoms with van der Waals surface area (Å²) in [6.07, 6.45) is 22.3. The first-order valence-electron chi connectivity index (χ1n) is 10.1. The Morgan fingerprint density at radius 2 is 1.39 bits per heavy atom. The third-order valence-electron chi connectivity index (χ3n) is 6.28. The minimum absolute atomic E-state index is 0.867. The summed E-state index contributed by atoms with van der Waals surface area (Å²) in [6, 6.07) is 0. The molecule has 0 radical (unpaired) electrons. The molecule has 2 aliphatic rings. The van der Waals surface area contributed by atoms with Gasteiger partial charge in [0.2, 0.25) is 0 Å². The highest BCUT2D eigenvalue weighted by molar-refractivity contribution is 5.18. The van der Waals surface area contributed by atoms with Crippen molar-refractivity contribution < 1.29 is 0 Å². The molecule has 2 rings (SSSR count). The van der Waals surface area contributed by atoms with Gasteiger partial charge in [-0.3, -0.25) is 0 Å². The van der Waals surface area contributed by atoms with Crippen LogP contribution in [-0.4, -0.2) is 0 Å². The molecule has 0 aliphatic heterocycles. The number of hydrogen-bond donors (Lipinski definition) is 0. The van der Waals surface area contributed by atoms with Crippen molar-refractivity contribution in [3.63, 3.8) is 0 Å². The first-order chi connectivity index (χ1) is 11.1. The van der Waals surface area contributed by atoms with E-state index in [9.17, 15) is 0 Å². The molecule has 0 heteroatoms. The molecule has 23 heavy (non-hydrogen) atoms. The third kappa shape index (κ3) is 5.66. The normalized spacial score (nSPS) is 33.0. The summed E-state index contributed by atoms with van der Waals surface area (Å²) < 4.78 is 0. The summed E-state index contributed by atoms with van der Waals surface area (Å²) in [7, 11) is 0. The Kier molecular flexibility index (Phi) is 7.66. The van der Waals surface area contributed by atoms with Gasteiger partial charge in [0.1, 0.15) is 0 Å². The van der Waals surface area contributed by atoms with Crippen LogP contribution in [0.25, 0.3) is 0 Å². The molecule has 0 aromatic heterocycles. The van der Waals surface area contributed by atoms with Crippen LogP contribution in [0.5, 0.6) is 0 Å². The second-order valence-corrected chi connectivity index (χ2v) is 8.15. The van der Waals surface area contributed by atoms with Crippen LogP contribution in [0.3, 0.4) is 0 Å². The Hall–Kier alpha value is -0.780. The van der Waals surface area contributed by atoms with Crippen LogP contribution in [0.2, 0.25) is 0 Å². The van der Waals surface area contributed by atoms with E-state index >= 15 is 0 Å². The van der Waals surface area contributed by atoms with Crippen LogP contribution in [0.15, 0.2) is 35.5 Å². The van der Waals surface area contributed by atoms with Crippen molar-refractivity contribution in [2.24, 2.45) is 23.7 Å². The van der Waals surface area contributed by atoms with Crippen molar-refractivity contribution >= 4 is 0 Å². The van der Waals surface area contributed by atoms with Crippen molar-refractivity contribution in [2.75, 3.05) is 0 Å².